The van der Waals surface area contributed by atoms with Crippen LogP contribution in [0.15, 0.2) is 58.6 Å². The third kappa shape index (κ3) is 4.07. The molecule has 1 amide bonds. The highest BCUT2D eigenvalue weighted by Gasteiger charge is 2.24. The van der Waals surface area contributed by atoms with Crippen molar-refractivity contribution in [1.29, 1.82) is 0 Å². The maximum atomic E-state index is 13.0. The number of rotatable bonds is 4. The zero-order valence-corrected chi connectivity index (χ0v) is 17.4. The molecule has 1 aromatic heterocycles. The van der Waals surface area contributed by atoms with Crippen LogP contribution in [-0.2, 0) is 4.79 Å². The number of carbonyl (C=O) groups excluding carboxylic acids is 1. The van der Waals surface area contributed by atoms with Crippen LogP contribution in [-0.4, -0.2) is 43.7 Å². The minimum Gasteiger partial charge on any atom is -0.311 e. The molecule has 1 unspecified atom stereocenters. The van der Waals surface area contributed by atoms with Crippen molar-refractivity contribution >= 4 is 35.1 Å². The van der Waals surface area contributed by atoms with E-state index in [2.05, 4.69) is 28.5 Å². The quantitative estimate of drug-likeness (QED) is 0.605. The lowest BCUT2D eigenvalue weighted by molar-refractivity contribution is -0.116. The van der Waals surface area contributed by atoms with Crippen molar-refractivity contribution in [2.45, 2.75) is 35.6 Å². The molecular weight excluding hydrogens is 390 g/mol. The van der Waals surface area contributed by atoms with E-state index in [1.54, 1.807) is 4.68 Å². The Hall–Kier alpha value is -2.32. The van der Waals surface area contributed by atoms with Gasteiger partial charge in [-0.1, -0.05) is 43.0 Å². The van der Waals surface area contributed by atoms with Gasteiger partial charge < -0.3 is 4.90 Å². The van der Waals surface area contributed by atoms with E-state index in [0.717, 1.165) is 34.8 Å². The van der Waals surface area contributed by atoms with Crippen molar-refractivity contribution in [2.24, 2.45) is 0 Å². The van der Waals surface area contributed by atoms with Crippen LogP contribution in [0.25, 0.3) is 5.69 Å². The zero-order chi connectivity index (χ0) is 19.5. The number of hydrogen-bond donors (Lipinski definition) is 0. The van der Waals surface area contributed by atoms with Crippen LogP contribution >= 0.6 is 23.5 Å². The number of aryl methyl sites for hydroxylation is 1. The molecule has 0 spiro atoms. The largest absolute Gasteiger partial charge is 0.311 e. The topological polar surface area (TPSA) is 63.9 Å². The summed E-state index contributed by atoms with van der Waals surface area (Å²) >= 11 is 3.20. The predicted molar refractivity (Wildman–Crippen MR) is 113 cm³/mol. The average Bonchev–Trinajstić information content (AvgIpc) is 3.09. The van der Waals surface area contributed by atoms with Gasteiger partial charge >= 0.3 is 0 Å². The second-order valence-corrected chi connectivity index (χ2v) is 9.15. The number of thioether (sulfide) groups is 2. The summed E-state index contributed by atoms with van der Waals surface area (Å²) in [7, 11) is 0. The van der Waals surface area contributed by atoms with E-state index in [9.17, 15) is 4.79 Å². The molecule has 0 saturated carbocycles. The Kier molecular flexibility index (Phi) is 5.68. The standard InChI is InChI=1S/C20H21N5OS2/c1-14-6-5-7-16(12-14)25-20(21-22-23-25)27-13-19(26)24-11-10-15(2)28-18-9-4-3-8-17(18)24/h3-9,12,15H,10-11,13H2,1-2H3. The molecule has 0 radical (unpaired) electrons. The first-order chi connectivity index (χ1) is 13.6. The zero-order valence-electron chi connectivity index (χ0n) is 15.8. The summed E-state index contributed by atoms with van der Waals surface area (Å²) in [4.78, 5) is 16.1. The molecule has 0 aliphatic carbocycles. The van der Waals surface area contributed by atoms with Crippen LogP contribution in [0.3, 0.4) is 0 Å². The minimum absolute atomic E-state index is 0.0749. The van der Waals surface area contributed by atoms with Crippen molar-refractivity contribution in [2.75, 3.05) is 17.2 Å². The molecule has 4 rings (SSSR count). The van der Waals surface area contributed by atoms with Gasteiger partial charge in [0.2, 0.25) is 11.1 Å². The van der Waals surface area contributed by atoms with Crippen molar-refractivity contribution in [3.8, 4) is 5.69 Å². The van der Waals surface area contributed by atoms with Crippen LogP contribution in [0.1, 0.15) is 18.9 Å². The van der Waals surface area contributed by atoms with Crippen molar-refractivity contribution in [1.82, 2.24) is 20.2 Å². The first-order valence-electron chi connectivity index (χ1n) is 9.16. The molecule has 1 aliphatic rings. The Balaban J connectivity index is 1.51. The van der Waals surface area contributed by atoms with Crippen LogP contribution in [0.2, 0.25) is 0 Å². The number of tetrazole rings is 1. The molecule has 3 aromatic rings. The third-order valence-electron chi connectivity index (χ3n) is 4.56. The minimum atomic E-state index is 0.0749. The van der Waals surface area contributed by atoms with Gasteiger partial charge in [0, 0.05) is 16.7 Å². The van der Waals surface area contributed by atoms with Gasteiger partial charge in [-0.05, 0) is 53.6 Å². The van der Waals surface area contributed by atoms with Crippen molar-refractivity contribution in [3.63, 3.8) is 0 Å². The summed E-state index contributed by atoms with van der Waals surface area (Å²) in [5, 5.41) is 13.1. The van der Waals surface area contributed by atoms with Crippen LogP contribution in [0, 0.1) is 6.92 Å². The first-order valence-corrected chi connectivity index (χ1v) is 11.0. The maximum Gasteiger partial charge on any atom is 0.237 e. The van der Waals surface area contributed by atoms with Crippen molar-refractivity contribution < 1.29 is 4.79 Å². The van der Waals surface area contributed by atoms with E-state index in [4.69, 9.17) is 0 Å². The lowest BCUT2D eigenvalue weighted by atomic mass is 10.2. The molecular formula is C20H21N5OS2. The summed E-state index contributed by atoms with van der Waals surface area (Å²) in [6, 6.07) is 16.1. The Morgan fingerprint density at radius 2 is 2.11 bits per heavy atom. The normalized spacial score (nSPS) is 16.5. The molecule has 6 nitrogen and oxygen atoms in total. The molecule has 1 aliphatic heterocycles. The lowest BCUT2D eigenvalue weighted by Gasteiger charge is -2.22. The molecule has 1 atom stereocenters. The van der Waals surface area contributed by atoms with E-state index in [1.165, 1.54) is 11.8 Å². The fraction of sp³-hybridized carbons (Fsp3) is 0.300. The number of fused-ring (bicyclic) bond motifs is 1. The van der Waals surface area contributed by atoms with Gasteiger partial charge in [0.15, 0.2) is 0 Å². The Morgan fingerprint density at radius 3 is 2.96 bits per heavy atom. The van der Waals surface area contributed by atoms with E-state index in [0.29, 0.717) is 16.2 Å². The van der Waals surface area contributed by atoms with Gasteiger partial charge in [0.05, 0.1) is 17.1 Å². The molecule has 28 heavy (non-hydrogen) atoms. The smallest absolute Gasteiger partial charge is 0.237 e. The fourth-order valence-corrected chi connectivity index (χ4v) is 5.02. The highest BCUT2D eigenvalue weighted by molar-refractivity contribution is 8.00. The fourth-order valence-electron chi connectivity index (χ4n) is 3.14. The number of amides is 1. The number of anilines is 1. The summed E-state index contributed by atoms with van der Waals surface area (Å²) < 4.78 is 1.68. The Morgan fingerprint density at radius 1 is 1.25 bits per heavy atom. The summed E-state index contributed by atoms with van der Waals surface area (Å²) in [6.45, 7) is 4.97. The number of carbonyl (C=O) groups is 1. The number of aromatic nitrogens is 4. The van der Waals surface area contributed by atoms with Gasteiger partial charge in [-0.3, -0.25) is 4.79 Å². The predicted octanol–water partition coefficient (Wildman–Crippen LogP) is 3.98. The molecule has 0 saturated heterocycles. The summed E-state index contributed by atoms with van der Waals surface area (Å²) in [5.74, 6) is 0.366. The maximum absolute atomic E-state index is 13.0. The average molecular weight is 412 g/mol. The molecule has 2 heterocycles. The third-order valence-corrected chi connectivity index (χ3v) is 6.70. The Bertz CT molecular complexity index is 990. The number of benzene rings is 2. The summed E-state index contributed by atoms with van der Waals surface area (Å²) in [5.41, 5.74) is 3.03. The van der Waals surface area contributed by atoms with Gasteiger partial charge in [0.25, 0.3) is 0 Å². The van der Waals surface area contributed by atoms with Crippen molar-refractivity contribution in [3.05, 3.63) is 54.1 Å². The van der Waals surface area contributed by atoms with E-state index in [1.807, 2.05) is 66.1 Å². The van der Waals surface area contributed by atoms with Crippen LogP contribution in [0.5, 0.6) is 0 Å². The molecule has 2 aromatic carbocycles. The second-order valence-electron chi connectivity index (χ2n) is 6.73. The summed E-state index contributed by atoms with van der Waals surface area (Å²) in [6.07, 6.45) is 0.969. The molecule has 0 fully saturated rings. The van der Waals surface area contributed by atoms with Gasteiger partial charge in [-0.15, -0.1) is 16.9 Å². The van der Waals surface area contributed by atoms with E-state index in [-0.39, 0.29) is 5.91 Å². The van der Waals surface area contributed by atoms with Gasteiger partial charge in [0.1, 0.15) is 0 Å². The van der Waals surface area contributed by atoms with E-state index >= 15 is 0 Å². The molecule has 144 valence electrons. The van der Waals surface area contributed by atoms with Crippen LogP contribution < -0.4 is 4.90 Å². The highest BCUT2D eigenvalue weighted by Crippen LogP contribution is 2.37. The number of hydrogen-bond acceptors (Lipinski definition) is 6. The molecule has 8 heteroatoms. The number of para-hydroxylation sites is 1. The SMILES string of the molecule is Cc1cccc(-n2nnnc2SCC(=O)N2CCC(C)Sc3ccccc32)c1. The molecule has 0 N–H and O–H groups in total. The highest BCUT2D eigenvalue weighted by atomic mass is 32.2. The van der Waals surface area contributed by atoms with Gasteiger partial charge in [-0.25, -0.2) is 0 Å². The monoisotopic (exact) mass is 411 g/mol. The molecule has 0 bridgehead atoms. The number of nitrogens with zero attached hydrogens (tertiary/aromatic N) is 5. The van der Waals surface area contributed by atoms with E-state index < -0.39 is 0 Å². The van der Waals surface area contributed by atoms with Gasteiger partial charge in [-0.2, -0.15) is 4.68 Å². The Labute approximate surface area is 172 Å². The first kappa shape index (κ1) is 19.0. The lowest BCUT2D eigenvalue weighted by Crippen LogP contribution is -2.33. The second kappa shape index (κ2) is 8.36. The van der Waals surface area contributed by atoms with Crippen LogP contribution in [0.4, 0.5) is 5.69 Å².